The number of carbonyl (C=O) groups excluding carboxylic acids is 2. The van der Waals surface area contributed by atoms with E-state index < -0.39 is 5.97 Å². The minimum absolute atomic E-state index is 0.0956. The van der Waals surface area contributed by atoms with Gasteiger partial charge in [-0.15, -0.1) is 0 Å². The maximum atomic E-state index is 14.2. The Bertz CT molecular complexity index is 1250. The number of nitrogens with zero attached hydrogens (tertiary/aromatic N) is 2. The van der Waals surface area contributed by atoms with Crippen LogP contribution in [0.5, 0.6) is 0 Å². The number of ether oxygens (including phenoxy) is 1. The molecule has 3 aromatic rings. The molecule has 188 valence electrons. The fraction of sp³-hybridized carbons (Fsp3) is 0.414. The number of nitrogens with one attached hydrogen (secondary N) is 1. The first-order chi connectivity index (χ1) is 17.6. The molecule has 1 aromatic heterocycles. The van der Waals surface area contributed by atoms with Gasteiger partial charge >= 0.3 is 5.97 Å². The van der Waals surface area contributed by atoms with E-state index in [1.807, 2.05) is 35.0 Å². The number of hydrogen-bond donors (Lipinski definition) is 1. The fourth-order valence-electron chi connectivity index (χ4n) is 5.80. The normalized spacial score (nSPS) is 16.7. The largest absolute Gasteiger partial charge is 0.465 e. The first-order valence-electron chi connectivity index (χ1n) is 12.9. The summed E-state index contributed by atoms with van der Waals surface area (Å²) in [5.41, 5.74) is 5.03. The van der Waals surface area contributed by atoms with Crippen LogP contribution in [0.2, 0.25) is 5.02 Å². The smallest absolute Gasteiger partial charge is 0.339 e. The van der Waals surface area contributed by atoms with E-state index in [1.54, 1.807) is 18.2 Å². The van der Waals surface area contributed by atoms with Crippen LogP contribution in [0.3, 0.4) is 0 Å². The fourth-order valence-corrected chi connectivity index (χ4v) is 5.92. The summed E-state index contributed by atoms with van der Waals surface area (Å²) in [6.07, 6.45) is 9.47. The van der Waals surface area contributed by atoms with Crippen molar-refractivity contribution in [2.24, 2.45) is 5.92 Å². The van der Waals surface area contributed by atoms with Crippen molar-refractivity contribution in [1.29, 1.82) is 0 Å². The average Bonchev–Trinajstić information content (AvgIpc) is 3.29. The van der Waals surface area contributed by atoms with E-state index >= 15 is 0 Å². The van der Waals surface area contributed by atoms with Crippen LogP contribution in [0.25, 0.3) is 5.69 Å². The Morgan fingerprint density at radius 2 is 1.72 bits per heavy atom. The highest BCUT2D eigenvalue weighted by molar-refractivity contribution is 6.30. The molecule has 1 saturated carbocycles. The molecule has 0 aliphatic heterocycles. The second-order valence-corrected chi connectivity index (χ2v) is 10.2. The zero-order valence-electron chi connectivity index (χ0n) is 20.6. The number of methoxy groups -OCH3 is 1. The van der Waals surface area contributed by atoms with E-state index in [1.165, 1.54) is 19.1 Å². The first kappa shape index (κ1) is 24.6. The van der Waals surface area contributed by atoms with Crippen molar-refractivity contribution < 1.29 is 14.3 Å². The van der Waals surface area contributed by atoms with Gasteiger partial charge in [0.05, 0.1) is 41.4 Å². The monoisotopic (exact) mass is 505 g/mol. The molecule has 0 bridgehead atoms. The molecule has 5 rings (SSSR count). The molecule has 0 spiro atoms. The second kappa shape index (κ2) is 10.9. The van der Waals surface area contributed by atoms with Crippen molar-refractivity contribution in [3.8, 4) is 5.69 Å². The lowest BCUT2D eigenvalue weighted by atomic mass is 9.76. The van der Waals surface area contributed by atoms with Crippen LogP contribution in [0.1, 0.15) is 78.2 Å². The number of carbonyl (C=O) groups is 2. The molecule has 2 aliphatic rings. The minimum atomic E-state index is -0.469. The molecule has 6 nitrogen and oxygen atoms in total. The van der Waals surface area contributed by atoms with Gasteiger partial charge in [-0.1, -0.05) is 43.0 Å². The summed E-state index contributed by atoms with van der Waals surface area (Å²) in [7, 11) is 1.35. The van der Waals surface area contributed by atoms with Crippen molar-refractivity contribution in [2.75, 3.05) is 12.4 Å². The molecule has 1 amide bonds. The number of halogens is 1. The lowest BCUT2D eigenvalue weighted by Crippen LogP contribution is -2.32. The minimum Gasteiger partial charge on any atom is -0.465 e. The van der Waals surface area contributed by atoms with Gasteiger partial charge in [-0.25, -0.2) is 9.48 Å². The summed E-state index contributed by atoms with van der Waals surface area (Å²) in [4.78, 5) is 26.5. The Hall–Kier alpha value is -3.12. The van der Waals surface area contributed by atoms with E-state index in [0.29, 0.717) is 16.3 Å². The Morgan fingerprint density at radius 3 is 2.47 bits per heavy atom. The molecule has 0 radical (unpaired) electrons. The summed E-state index contributed by atoms with van der Waals surface area (Å²) in [6, 6.07) is 14.7. The van der Waals surface area contributed by atoms with Crippen LogP contribution in [0.15, 0.2) is 48.5 Å². The Kier molecular flexibility index (Phi) is 7.42. The number of fused-ring (bicyclic) bond motifs is 1. The average molecular weight is 506 g/mol. The molecule has 7 heteroatoms. The van der Waals surface area contributed by atoms with E-state index in [0.717, 1.165) is 68.4 Å². The van der Waals surface area contributed by atoms with Crippen molar-refractivity contribution in [2.45, 2.75) is 63.7 Å². The predicted molar refractivity (Wildman–Crippen MR) is 141 cm³/mol. The highest BCUT2D eigenvalue weighted by atomic mass is 35.5. The quantitative estimate of drug-likeness (QED) is 0.388. The summed E-state index contributed by atoms with van der Waals surface area (Å²) in [5, 5.41) is 8.80. The number of aromatic nitrogens is 2. The van der Waals surface area contributed by atoms with Gasteiger partial charge in [-0.3, -0.25) is 4.79 Å². The molecule has 2 aromatic carbocycles. The van der Waals surface area contributed by atoms with Gasteiger partial charge in [0, 0.05) is 5.02 Å². The number of benzene rings is 2. The number of anilines is 1. The van der Waals surface area contributed by atoms with Gasteiger partial charge in [0.15, 0.2) is 0 Å². The summed E-state index contributed by atoms with van der Waals surface area (Å²) in [5.74, 6) is -0.732. The number of para-hydroxylation sites is 1. The molecule has 2 aliphatic carbocycles. The van der Waals surface area contributed by atoms with E-state index in [4.69, 9.17) is 21.4 Å². The van der Waals surface area contributed by atoms with Crippen molar-refractivity contribution in [3.05, 3.63) is 76.1 Å². The Labute approximate surface area is 217 Å². The molecular weight excluding hydrogens is 474 g/mol. The maximum Gasteiger partial charge on any atom is 0.339 e. The molecule has 1 fully saturated rings. The van der Waals surface area contributed by atoms with Crippen LogP contribution in [-0.4, -0.2) is 28.8 Å². The summed E-state index contributed by atoms with van der Waals surface area (Å²) >= 11 is 6.19. The number of amides is 1. The third-order valence-electron chi connectivity index (χ3n) is 7.56. The first-order valence-corrected chi connectivity index (χ1v) is 13.3. The molecule has 1 unspecified atom stereocenters. The topological polar surface area (TPSA) is 73.2 Å². The van der Waals surface area contributed by atoms with Gasteiger partial charge in [-0.2, -0.15) is 5.10 Å². The van der Waals surface area contributed by atoms with Gasteiger partial charge in [0.2, 0.25) is 5.91 Å². The van der Waals surface area contributed by atoms with Crippen LogP contribution in [0.4, 0.5) is 5.69 Å². The number of esters is 1. The molecule has 1 atom stereocenters. The lowest BCUT2D eigenvalue weighted by molar-refractivity contribution is -0.119. The summed E-state index contributed by atoms with van der Waals surface area (Å²) in [6.45, 7) is 0. The maximum absolute atomic E-state index is 14.2. The van der Waals surface area contributed by atoms with Gasteiger partial charge in [0.1, 0.15) is 0 Å². The standard InChI is InChI=1S/C29H32ClN3O3/c1-36-29(35)23-12-6-7-13-24(23)31-28(34)26(19-9-3-2-4-10-19)27-22-11-5-8-14-25(22)32-33(27)21-17-15-20(30)16-18-21/h6-7,12-13,15-19,26H,2-5,8-11,14H2,1H3,(H,31,34). The highest BCUT2D eigenvalue weighted by Crippen LogP contribution is 2.41. The van der Waals surface area contributed by atoms with Crippen molar-refractivity contribution >= 4 is 29.2 Å². The third-order valence-corrected chi connectivity index (χ3v) is 7.81. The van der Waals surface area contributed by atoms with Crippen molar-refractivity contribution in [3.63, 3.8) is 0 Å². The SMILES string of the molecule is COC(=O)c1ccccc1NC(=O)C(c1c2c(nn1-c1ccc(Cl)cc1)CCCC2)C1CCCCC1. The molecule has 0 saturated heterocycles. The Morgan fingerprint density at radius 1 is 1.00 bits per heavy atom. The van der Waals surface area contributed by atoms with E-state index in [2.05, 4.69) is 5.32 Å². The predicted octanol–water partition coefficient (Wildman–Crippen LogP) is 6.49. The molecule has 36 heavy (non-hydrogen) atoms. The summed E-state index contributed by atoms with van der Waals surface area (Å²) < 4.78 is 6.94. The number of aryl methyl sites for hydroxylation is 1. The van der Waals surface area contributed by atoms with Gasteiger partial charge < -0.3 is 10.1 Å². The molecular formula is C29H32ClN3O3. The van der Waals surface area contributed by atoms with Crippen LogP contribution in [-0.2, 0) is 22.4 Å². The second-order valence-electron chi connectivity index (χ2n) is 9.81. The van der Waals surface area contributed by atoms with Gasteiger partial charge in [0.25, 0.3) is 0 Å². The third kappa shape index (κ3) is 4.92. The van der Waals surface area contributed by atoms with E-state index in [-0.39, 0.29) is 17.7 Å². The van der Waals surface area contributed by atoms with Gasteiger partial charge in [-0.05, 0) is 86.4 Å². The lowest BCUT2D eigenvalue weighted by Gasteiger charge is -2.31. The van der Waals surface area contributed by atoms with Crippen LogP contribution in [0, 0.1) is 5.92 Å². The number of rotatable bonds is 6. The highest BCUT2D eigenvalue weighted by Gasteiger charge is 2.38. The molecule has 1 heterocycles. The van der Waals surface area contributed by atoms with Crippen molar-refractivity contribution in [1.82, 2.24) is 9.78 Å². The van der Waals surface area contributed by atoms with Crippen LogP contribution < -0.4 is 5.32 Å². The number of hydrogen-bond acceptors (Lipinski definition) is 4. The van der Waals surface area contributed by atoms with E-state index in [9.17, 15) is 9.59 Å². The van der Waals surface area contributed by atoms with Crippen LogP contribution >= 0.6 is 11.6 Å². The zero-order valence-corrected chi connectivity index (χ0v) is 21.4. The zero-order chi connectivity index (χ0) is 25.1. The molecule has 1 N–H and O–H groups in total. The Balaban J connectivity index is 1.61.